The lowest BCUT2D eigenvalue weighted by Gasteiger charge is -2.24. The molecule has 4 N–H and O–H groups in total. The summed E-state index contributed by atoms with van der Waals surface area (Å²) in [4.78, 5) is 32.3. The SMILES string of the molecule is CCCCCCCCCCCCSC(CCCCCCC)C(C)OCCCOP(=O)(O)OCCOCn1cnc2c(=O)[nH]c(N)nc21. The second kappa shape index (κ2) is 25.5. The van der Waals surface area contributed by atoms with Crippen LogP contribution in [0.5, 0.6) is 0 Å². The van der Waals surface area contributed by atoms with Gasteiger partial charge in [0, 0.05) is 11.9 Å². The van der Waals surface area contributed by atoms with Crippen molar-refractivity contribution in [3.05, 3.63) is 16.7 Å². The molecule has 47 heavy (non-hydrogen) atoms. The van der Waals surface area contributed by atoms with Crippen LogP contribution in [0.4, 0.5) is 5.95 Å². The van der Waals surface area contributed by atoms with Gasteiger partial charge in [0.15, 0.2) is 11.2 Å². The third-order valence-electron chi connectivity index (χ3n) is 8.08. The van der Waals surface area contributed by atoms with Crippen molar-refractivity contribution in [2.75, 3.05) is 37.9 Å². The Balaban J connectivity index is 1.59. The normalized spacial score (nSPS) is 14.5. The summed E-state index contributed by atoms with van der Waals surface area (Å²) < 4.78 is 35.6. The third-order valence-corrected chi connectivity index (χ3v) is 10.7. The minimum atomic E-state index is -4.22. The highest BCUT2D eigenvalue weighted by Crippen LogP contribution is 2.43. The van der Waals surface area contributed by atoms with Crippen LogP contribution in [0.1, 0.15) is 130 Å². The molecule has 12 nitrogen and oxygen atoms in total. The molecule has 0 saturated heterocycles. The molecule has 2 aromatic heterocycles. The molecular formula is C33H62N5O7PS. The number of imidazole rings is 1. The first-order valence-corrected chi connectivity index (χ1v) is 20.4. The number of ether oxygens (including phenoxy) is 2. The van der Waals surface area contributed by atoms with Crippen LogP contribution >= 0.6 is 19.6 Å². The Hall–Kier alpha value is -1.47. The van der Waals surface area contributed by atoms with E-state index in [0.29, 0.717) is 18.3 Å². The molecule has 0 aromatic carbocycles. The largest absolute Gasteiger partial charge is 0.472 e. The first kappa shape index (κ1) is 41.7. The molecule has 0 fully saturated rings. The maximum absolute atomic E-state index is 12.3. The first-order chi connectivity index (χ1) is 22.8. The molecule has 3 atom stereocenters. The predicted molar refractivity (Wildman–Crippen MR) is 192 cm³/mol. The van der Waals surface area contributed by atoms with Crippen LogP contribution in [0.3, 0.4) is 0 Å². The van der Waals surface area contributed by atoms with Gasteiger partial charge in [0.1, 0.15) is 6.73 Å². The van der Waals surface area contributed by atoms with Gasteiger partial charge in [-0.1, -0.05) is 104 Å². The van der Waals surface area contributed by atoms with Crippen molar-refractivity contribution in [1.82, 2.24) is 19.5 Å². The van der Waals surface area contributed by atoms with E-state index in [4.69, 9.17) is 24.3 Å². The van der Waals surface area contributed by atoms with E-state index in [0.717, 1.165) is 6.42 Å². The number of anilines is 1. The number of nitrogen functional groups attached to an aromatic ring is 1. The molecule has 0 radical (unpaired) electrons. The fourth-order valence-electron chi connectivity index (χ4n) is 5.32. The zero-order valence-electron chi connectivity index (χ0n) is 29.2. The molecule has 0 aliphatic rings. The molecule has 14 heteroatoms. The quantitative estimate of drug-likeness (QED) is 0.0515. The highest BCUT2D eigenvalue weighted by molar-refractivity contribution is 7.99. The molecule has 0 amide bonds. The van der Waals surface area contributed by atoms with Crippen LogP contribution in [0.2, 0.25) is 0 Å². The highest BCUT2D eigenvalue weighted by atomic mass is 32.2. The van der Waals surface area contributed by atoms with Gasteiger partial charge < -0.3 is 20.1 Å². The molecule has 0 spiro atoms. The van der Waals surface area contributed by atoms with E-state index >= 15 is 0 Å². The topological polar surface area (TPSA) is 164 Å². The molecule has 0 bridgehead atoms. The third kappa shape index (κ3) is 18.8. The summed E-state index contributed by atoms with van der Waals surface area (Å²) in [5, 5.41) is 0.456. The number of hydrogen-bond acceptors (Lipinski definition) is 10. The smallest absolute Gasteiger partial charge is 0.377 e. The summed E-state index contributed by atoms with van der Waals surface area (Å²) >= 11 is 2.05. The fourth-order valence-corrected chi connectivity index (χ4v) is 7.42. The maximum atomic E-state index is 12.3. The summed E-state index contributed by atoms with van der Waals surface area (Å²) in [6.45, 7) is 7.05. The highest BCUT2D eigenvalue weighted by Gasteiger charge is 2.21. The van der Waals surface area contributed by atoms with E-state index in [1.807, 2.05) is 0 Å². The number of fused-ring (bicyclic) bond motifs is 1. The molecule has 272 valence electrons. The van der Waals surface area contributed by atoms with Gasteiger partial charge >= 0.3 is 7.82 Å². The number of phosphoric acid groups is 1. The number of aromatic amines is 1. The molecule has 0 saturated carbocycles. The van der Waals surface area contributed by atoms with Crippen molar-refractivity contribution in [3.8, 4) is 0 Å². The van der Waals surface area contributed by atoms with E-state index in [1.54, 1.807) is 0 Å². The Morgan fingerprint density at radius 3 is 2.19 bits per heavy atom. The number of thioether (sulfide) groups is 1. The van der Waals surface area contributed by atoms with Crippen molar-refractivity contribution in [2.24, 2.45) is 0 Å². The Morgan fingerprint density at radius 2 is 1.51 bits per heavy atom. The van der Waals surface area contributed by atoms with E-state index in [-0.39, 0.29) is 49.8 Å². The Labute approximate surface area is 286 Å². The van der Waals surface area contributed by atoms with Crippen LogP contribution < -0.4 is 11.3 Å². The summed E-state index contributed by atoms with van der Waals surface area (Å²) in [6, 6.07) is 0. The average molecular weight is 704 g/mol. The zero-order valence-corrected chi connectivity index (χ0v) is 30.9. The lowest BCUT2D eigenvalue weighted by molar-refractivity contribution is 0.0365. The number of nitrogens with one attached hydrogen (secondary N) is 1. The summed E-state index contributed by atoms with van der Waals surface area (Å²) in [7, 11) is -4.22. The monoisotopic (exact) mass is 703 g/mol. The Bertz CT molecular complexity index is 1180. The van der Waals surface area contributed by atoms with E-state index in [2.05, 4.69) is 47.5 Å². The lowest BCUT2D eigenvalue weighted by Crippen LogP contribution is -2.25. The molecular weight excluding hydrogens is 641 g/mol. The minimum Gasteiger partial charge on any atom is -0.377 e. The van der Waals surface area contributed by atoms with Crippen molar-refractivity contribution in [2.45, 2.75) is 148 Å². The van der Waals surface area contributed by atoms with Crippen molar-refractivity contribution >= 4 is 36.7 Å². The lowest BCUT2D eigenvalue weighted by atomic mass is 10.1. The van der Waals surface area contributed by atoms with Crippen molar-refractivity contribution in [3.63, 3.8) is 0 Å². The van der Waals surface area contributed by atoms with Gasteiger partial charge in [0.2, 0.25) is 5.95 Å². The van der Waals surface area contributed by atoms with Gasteiger partial charge in [-0.25, -0.2) is 9.55 Å². The molecule has 2 heterocycles. The van der Waals surface area contributed by atoms with Gasteiger partial charge in [0.05, 0.1) is 32.3 Å². The number of H-pyrrole nitrogens is 1. The van der Waals surface area contributed by atoms with Gasteiger partial charge in [-0.15, -0.1) is 0 Å². The number of aromatic nitrogens is 4. The number of hydrogen-bond donors (Lipinski definition) is 3. The van der Waals surface area contributed by atoms with E-state index < -0.39 is 13.4 Å². The Kier molecular flexibility index (Phi) is 22.6. The number of rotatable bonds is 31. The van der Waals surface area contributed by atoms with Gasteiger partial charge in [-0.3, -0.25) is 23.4 Å². The first-order valence-electron chi connectivity index (χ1n) is 17.9. The molecule has 0 aliphatic carbocycles. The van der Waals surface area contributed by atoms with Crippen LogP contribution in [0.15, 0.2) is 11.1 Å². The van der Waals surface area contributed by atoms with Crippen LogP contribution in [0.25, 0.3) is 11.2 Å². The molecule has 2 rings (SSSR count). The van der Waals surface area contributed by atoms with E-state index in [9.17, 15) is 14.3 Å². The van der Waals surface area contributed by atoms with Gasteiger partial charge in [0.25, 0.3) is 5.56 Å². The number of nitrogens with zero attached hydrogens (tertiary/aromatic N) is 3. The van der Waals surface area contributed by atoms with Gasteiger partial charge in [-0.05, 0) is 31.9 Å². The van der Waals surface area contributed by atoms with Crippen LogP contribution in [-0.2, 0) is 29.8 Å². The van der Waals surface area contributed by atoms with Crippen molar-refractivity contribution < 1.29 is 28.0 Å². The average Bonchev–Trinajstić information content (AvgIpc) is 3.44. The van der Waals surface area contributed by atoms with Crippen LogP contribution in [0, 0.1) is 0 Å². The molecule has 0 aliphatic heterocycles. The molecule has 2 aromatic rings. The van der Waals surface area contributed by atoms with Crippen LogP contribution in [-0.4, -0.2) is 67.9 Å². The number of unbranched alkanes of at least 4 members (excludes halogenated alkanes) is 13. The Morgan fingerprint density at radius 1 is 0.894 bits per heavy atom. The standard InChI is InChI=1S/C33H62N5O7PS/c1-4-6-8-10-11-12-13-14-16-18-25-47-29(20-17-15-9-7-5-2)28(3)43-21-19-22-44-46(40,41)45-24-23-42-27-38-26-35-30-31(38)36-33(34)37-32(30)39/h26,28-29H,4-25,27H2,1-3H3,(H,40,41)(H3,34,36,37,39). The summed E-state index contributed by atoms with van der Waals surface area (Å²) in [5.74, 6) is 1.15. The minimum absolute atomic E-state index is 0.0130. The van der Waals surface area contributed by atoms with E-state index in [1.165, 1.54) is 113 Å². The fraction of sp³-hybridized carbons (Fsp3) is 0.848. The number of phosphoric ester groups is 1. The van der Waals surface area contributed by atoms with Crippen molar-refractivity contribution in [1.29, 1.82) is 0 Å². The molecule has 3 unspecified atom stereocenters. The second-order valence-electron chi connectivity index (χ2n) is 12.2. The second-order valence-corrected chi connectivity index (χ2v) is 15.0. The maximum Gasteiger partial charge on any atom is 0.472 e. The zero-order chi connectivity index (χ0) is 34.2. The summed E-state index contributed by atoms with van der Waals surface area (Å²) in [5.41, 5.74) is 5.58. The predicted octanol–water partition coefficient (Wildman–Crippen LogP) is 7.99. The number of nitrogens with two attached hydrogens (primary N) is 1. The summed E-state index contributed by atoms with van der Waals surface area (Å²) in [6.07, 6.45) is 23.0. The van der Waals surface area contributed by atoms with Gasteiger partial charge in [-0.2, -0.15) is 16.7 Å².